The van der Waals surface area contributed by atoms with Crippen LogP contribution < -0.4 is 5.73 Å². The van der Waals surface area contributed by atoms with Gasteiger partial charge in [-0.15, -0.1) is 0 Å². The van der Waals surface area contributed by atoms with E-state index in [0.717, 1.165) is 21.8 Å². The van der Waals surface area contributed by atoms with Crippen molar-refractivity contribution in [2.45, 2.75) is 0 Å². The monoisotopic (exact) mass is 201 g/mol. The fourth-order valence-corrected chi connectivity index (χ4v) is 1.98. The molecule has 0 saturated heterocycles. The third kappa shape index (κ3) is 0.905. The van der Waals surface area contributed by atoms with Gasteiger partial charge in [0, 0.05) is 29.5 Å². The summed E-state index contributed by atoms with van der Waals surface area (Å²) < 4.78 is 1.78. The molecule has 0 unspecified atom stereocenters. The Morgan fingerprint density at radius 3 is 3.00 bits per heavy atom. The number of benzene rings is 1. The molecule has 1 aromatic carbocycles. The molecule has 0 aliphatic rings. The molecule has 0 spiro atoms. The van der Waals surface area contributed by atoms with Gasteiger partial charge >= 0.3 is 0 Å². The summed E-state index contributed by atoms with van der Waals surface area (Å²) in [4.78, 5) is 3.13. The Kier molecular flexibility index (Phi) is 1.36. The van der Waals surface area contributed by atoms with Gasteiger partial charge in [-0.25, -0.2) is 0 Å². The summed E-state index contributed by atoms with van der Waals surface area (Å²) in [7, 11) is 1.84. The topological polar surface area (TPSA) is 67.0 Å². The maximum Gasteiger partial charge on any atom is 0.165 e. The third-order valence-electron chi connectivity index (χ3n) is 2.89. The first-order valence-corrected chi connectivity index (χ1v) is 4.72. The Morgan fingerprint density at radius 2 is 2.20 bits per heavy atom. The van der Waals surface area contributed by atoms with Gasteiger partial charge in [-0.3, -0.25) is 0 Å². The molecule has 0 atom stereocenters. The van der Waals surface area contributed by atoms with E-state index in [-0.39, 0.29) is 5.75 Å². The number of aromatic amines is 1. The van der Waals surface area contributed by atoms with E-state index < -0.39 is 0 Å². The normalized spacial score (nSPS) is 11.5. The van der Waals surface area contributed by atoms with Gasteiger partial charge in [0.1, 0.15) is 5.82 Å². The molecule has 2 aromatic heterocycles. The van der Waals surface area contributed by atoms with Gasteiger partial charge in [0.15, 0.2) is 5.75 Å². The molecule has 15 heavy (non-hydrogen) atoms. The van der Waals surface area contributed by atoms with Crippen LogP contribution in [0, 0.1) is 0 Å². The van der Waals surface area contributed by atoms with E-state index in [1.165, 1.54) is 0 Å². The minimum absolute atomic E-state index is 0.163. The van der Waals surface area contributed by atoms with E-state index in [0.29, 0.717) is 5.82 Å². The van der Waals surface area contributed by atoms with Crippen LogP contribution in [0.4, 0.5) is 5.82 Å². The molecule has 4 N–H and O–H groups in total. The number of fused-ring (bicyclic) bond motifs is 2. The van der Waals surface area contributed by atoms with Crippen molar-refractivity contribution < 1.29 is 5.11 Å². The molecule has 0 radical (unpaired) electrons. The van der Waals surface area contributed by atoms with E-state index >= 15 is 0 Å². The van der Waals surface area contributed by atoms with E-state index in [1.54, 1.807) is 4.57 Å². The second-order valence-electron chi connectivity index (χ2n) is 3.73. The Labute approximate surface area is 85.9 Å². The summed E-state index contributed by atoms with van der Waals surface area (Å²) in [5.41, 5.74) is 7.72. The maximum atomic E-state index is 9.82. The molecule has 0 fully saturated rings. The highest BCUT2D eigenvalue weighted by Gasteiger charge is 2.12. The van der Waals surface area contributed by atoms with Gasteiger partial charge in [0.25, 0.3) is 0 Å². The molecule has 0 aliphatic heterocycles. The van der Waals surface area contributed by atoms with Crippen LogP contribution in [0.1, 0.15) is 0 Å². The van der Waals surface area contributed by atoms with Crippen LogP contribution >= 0.6 is 0 Å². The number of anilines is 1. The third-order valence-corrected chi connectivity index (χ3v) is 2.89. The minimum Gasteiger partial charge on any atom is -0.504 e. The molecule has 4 heteroatoms. The molecule has 2 heterocycles. The average Bonchev–Trinajstić information content (AvgIpc) is 2.77. The van der Waals surface area contributed by atoms with Gasteiger partial charge in [-0.1, -0.05) is 0 Å². The molecular formula is C11H11N3O. The molecule has 4 nitrogen and oxygen atoms in total. The van der Waals surface area contributed by atoms with Crippen LogP contribution in [0.2, 0.25) is 0 Å². The van der Waals surface area contributed by atoms with E-state index in [9.17, 15) is 5.11 Å². The Hall–Kier alpha value is -2.10. The lowest BCUT2D eigenvalue weighted by Gasteiger charge is -1.97. The Balaban J connectivity index is 2.59. The predicted octanol–water partition coefficient (Wildman–Crippen LogP) is 1.95. The number of nitrogens with one attached hydrogen (secondary N) is 1. The molecular weight excluding hydrogens is 190 g/mol. The van der Waals surface area contributed by atoms with Crippen molar-refractivity contribution >= 4 is 27.6 Å². The zero-order chi connectivity index (χ0) is 10.6. The highest BCUT2D eigenvalue weighted by atomic mass is 16.3. The average molecular weight is 201 g/mol. The first-order chi connectivity index (χ1) is 7.18. The van der Waals surface area contributed by atoms with Crippen molar-refractivity contribution in [2.75, 3.05) is 5.73 Å². The molecule has 0 amide bonds. The van der Waals surface area contributed by atoms with Crippen molar-refractivity contribution in [2.24, 2.45) is 7.05 Å². The molecule has 0 saturated carbocycles. The number of hydrogen-bond donors (Lipinski definition) is 3. The quantitative estimate of drug-likeness (QED) is 0.520. The van der Waals surface area contributed by atoms with E-state index in [2.05, 4.69) is 4.98 Å². The van der Waals surface area contributed by atoms with Gasteiger partial charge in [0.2, 0.25) is 0 Å². The van der Waals surface area contributed by atoms with Crippen LogP contribution in [0.25, 0.3) is 21.8 Å². The second-order valence-corrected chi connectivity index (χ2v) is 3.73. The molecule has 0 aliphatic carbocycles. The molecule has 3 aromatic rings. The molecule has 0 bridgehead atoms. The fourth-order valence-electron chi connectivity index (χ4n) is 1.98. The first kappa shape index (κ1) is 8.23. The fraction of sp³-hybridized carbons (Fsp3) is 0.0909. The predicted molar refractivity (Wildman–Crippen MR) is 60.9 cm³/mol. The summed E-state index contributed by atoms with van der Waals surface area (Å²) in [6.45, 7) is 0. The number of aromatic nitrogens is 2. The van der Waals surface area contributed by atoms with Crippen LogP contribution in [0.5, 0.6) is 5.75 Å². The SMILES string of the molecule is Cn1c(N)c(O)c2cc3cc[nH]c3cc21. The van der Waals surface area contributed by atoms with E-state index in [4.69, 9.17) is 5.73 Å². The largest absolute Gasteiger partial charge is 0.504 e. The first-order valence-electron chi connectivity index (χ1n) is 4.72. The van der Waals surface area contributed by atoms with Crippen LogP contribution in [0.15, 0.2) is 24.4 Å². The summed E-state index contributed by atoms with van der Waals surface area (Å²) in [5.74, 6) is 0.563. The Morgan fingerprint density at radius 1 is 1.40 bits per heavy atom. The summed E-state index contributed by atoms with van der Waals surface area (Å²) in [6.07, 6.45) is 1.88. The van der Waals surface area contributed by atoms with Crippen molar-refractivity contribution in [1.82, 2.24) is 9.55 Å². The van der Waals surface area contributed by atoms with Crippen molar-refractivity contribution in [1.29, 1.82) is 0 Å². The number of nitrogens with zero attached hydrogens (tertiary/aromatic N) is 1. The standard InChI is InChI=1S/C11H11N3O/c1-14-9-5-8-6(2-3-13-8)4-7(9)10(15)11(14)12/h2-5,13,15H,12H2,1H3. The van der Waals surface area contributed by atoms with Gasteiger partial charge in [0.05, 0.1) is 5.52 Å². The lowest BCUT2D eigenvalue weighted by atomic mass is 10.2. The van der Waals surface area contributed by atoms with Crippen LogP contribution in [0.3, 0.4) is 0 Å². The minimum atomic E-state index is 0.163. The number of H-pyrrole nitrogens is 1. The van der Waals surface area contributed by atoms with Gasteiger partial charge < -0.3 is 20.4 Å². The number of rotatable bonds is 0. The van der Waals surface area contributed by atoms with Crippen LogP contribution in [-0.4, -0.2) is 14.7 Å². The summed E-state index contributed by atoms with van der Waals surface area (Å²) in [6, 6.07) is 5.89. The maximum absolute atomic E-state index is 9.82. The highest BCUT2D eigenvalue weighted by molar-refractivity contribution is 6.01. The highest BCUT2D eigenvalue weighted by Crippen LogP contribution is 2.35. The summed E-state index contributed by atoms with van der Waals surface area (Å²) >= 11 is 0. The van der Waals surface area contributed by atoms with Crippen molar-refractivity contribution in [3.05, 3.63) is 24.4 Å². The van der Waals surface area contributed by atoms with E-state index in [1.807, 2.05) is 31.4 Å². The van der Waals surface area contributed by atoms with Crippen molar-refractivity contribution in [3.8, 4) is 5.75 Å². The lowest BCUT2D eigenvalue weighted by Crippen LogP contribution is -1.94. The van der Waals surface area contributed by atoms with Gasteiger partial charge in [-0.2, -0.15) is 0 Å². The van der Waals surface area contributed by atoms with Crippen LogP contribution in [-0.2, 0) is 7.05 Å². The smallest absolute Gasteiger partial charge is 0.165 e. The number of nitrogen functional groups attached to an aromatic ring is 1. The summed E-state index contributed by atoms with van der Waals surface area (Å²) in [5, 5.41) is 11.7. The molecule has 3 rings (SSSR count). The lowest BCUT2D eigenvalue weighted by molar-refractivity contribution is 0.483. The molecule has 76 valence electrons. The zero-order valence-corrected chi connectivity index (χ0v) is 8.28. The number of hydrogen-bond acceptors (Lipinski definition) is 2. The van der Waals surface area contributed by atoms with Crippen molar-refractivity contribution in [3.63, 3.8) is 0 Å². The number of aryl methyl sites for hydroxylation is 1. The second kappa shape index (κ2) is 2.48. The zero-order valence-electron chi connectivity index (χ0n) is 8.28. The number of nitrogens with two attached hydrogens (primary N) is 1. The Bertz CT molecular complexity index is 609. The van der Waals surface area contributed by atoms with Gasteiger partial charge in [-0.05, 0) is 18.2 Å². The number of aromatic hydroxyl groups is 1.